The van der Waals surface area contributed by atoms with Gasteiger partial charge < -0.3 is 10.0 Å². The van der Waals surface area contributed by atoms with E-state index in [1.165, 1.54) is 0 Å². The molecule has 1 atom stereocenters. The summed E-state index contributed by atoms with van der Waals surface area (Å²) >= 11 is 0. The molecule has 1 aliphatic rings. The van der Waals surface area contributed by atoms with Crippen LogP contribution in [0.15, 0.2) is 30.3 Å². The Bertz CT molecular complexity index is 481. The number of hydrogen-bond acceptors (Lipinski definition) is 3. The van der Waals surface area contributed by atoms with E-state index in [0.717, 1.165) is 12.0 Å². The number of carbonyl (C=O) groups is 2. The highest BCUT2D eigenvalue weighted by atomic mass is 35.5. The molecule has 1 fully saturated rings. The molecule has 0 saturated carbocycles. The van der Waals surface area contributed by atoms with Crippen molar-refractivity contribution < 1.29 is 14.7 Å². The van der Waals surface area contributed by atoms with Crippen LogP contribution >= 0.6 is 12.4 Å². The number of aliphatic carboxylic acids is 1. The average Bonchev–Trinajstić information content (AvgIpc) is 2.88. The van der Waals surface area contributed by atoms with Gasteiger partial charge in [-0.3, -0.25) is 14.5 Å². The van der Waals surface area contributed by atoms with Gasteiger partial charge in [0.15, 0.2) is 0 Å². The molecule has 0 unspecified atom stereocenters. The van der Waals surface area contributed by atoms with E-state index in [1.54, 1.807) is 16.8 Å². The van der Waals surface area contributed by atoms with Crippen molar-refractivity contribution in [1.82, 2.24) is 9.80 Å². The molecular formula is C15H21ClN2O3. The molecule has 21 heavy (non-hydrogen) atoms. The molecule has 0 spiro atoms. The fourth-order valence-corrected chi connectivity index (χ4v) is 2.53. The van der Waals surface area contributed by atoms with E-state index in [0.29, 0.717) is 19.5 Å². The van der Waals surface area contributed by atoms with Crippen molar-refractivity contribution in [3.05, 3.63) is 35.9 Å². The molecule has 1 saturated heterocycles. The minimum atomic E-state index is -0.832. The van der Waals surface area contributed by atoms with E-state index in [1.807, 2.05) is 30.3 Å². The minimum absolute atomic E-state index is 0. The Labute approximate surface area is 131 Å². The third kappa shape index (κ3) is 4.72. The third-order valence-corrected chi connectivity index (χ3v) is 3.68. The Morgan fingerprint density at radius 2 is 2.00 bits per heavy atom. The summed E-state index contributed by atoms with van der Waals surface area (Å²) < 4.78 is 0. The fourth-order valence-electron chi connectivity index (χ4n) is 2.53. The van der Waals surface area contributed by atoms with Gasteiger partial charge in [-0.1, -0.05) is 30.3 Å². The molecule has 1 amide bonds. The van der Waals surface area contributed by atoms with Crippen LogP contribution < -0.4 is 0 Å². The summed E-state index contributed by atoms with van der Waals surface area (Å²) in [6.45, 7) is 1.41. The SMILES string of the molecule is CN(Cc1ccccc1)C(=O)CN1CCC[C@H]1C(=O)O.Cl. The Balaban J connectivity index is 0.00000220. The fraction of sp³-hybridized carbons (Fsp3) is 0.467. The molecule has 116 valence electrons. The van der Waals surface area contributed by atoms with Gasteiger partial charge in [0.05, 0.1) is 6.54 Å². The highest BCUT2D eigenvalue weighted by Crippen LogP contribution is 2.17. The number of amides is 1. The lowest BCUT2D eigenvalue weighted by molar-refractivity contribution is -0.143. The Morgan fingerprint density at radius 3 is 2.62 bits per heavy atom. The van der Waals surface area contributed by atoms with Crippen LogP contribution in [0.1, 0.15) is 18.4 Å². The van der Waals surface area contributed by atoms with Crippen molar-refractivity contribution in [2.75, 3.05) is 20.1 Å². The van der Waals surface area contributed by atoms with Crippen molar-refractivity contribution in [2.45, 2.75) is 25.4 Å². The molecule has 5 nitrogen and oxygen atoms in total. The van der Waals surface area contributed by atoms with Crippen molar-refractivity contribution in [1.29, 1.82) is 0 Å². The molecule has 1 aromatic rings. The van der Waals surface area contributed by atoms with Crippen LogP contribution in [-0.4, -0.2) is 53.0 Å². The zero-order chi connectivity index (χ0) is 14.5. The highest BCUT2D eigenvalue weighted by molar-refractivity contribution is 5.85. The number of hydrogen-bond donors (Lipinski definition) is 1. The molecule has 0 aliphatic carbocycles. The van der Waals surface area contributed by atoms with Crippen LogP contribution in [0, 0.1) is 0 Å². The maximum atomic E-state index is 12.2. The van der Waals surface area contributed by atoms with Gasteiger partial charge in [0.1, 0.15) is 6.04 Å². The van der Waals surface area contributed by atoms with Gasteiger partial charge in [-0.05, 0) is 24.9 Å². The molecule has 0 radical (unpaired) electrons. The zero-order valence-corrected chi connectivity index (χ0v) is 12.9. The van der Waals surface area contributed by atoms with Gasteiger partial charge in [0, 0.05) is 13.6 Å². The lowest BCUT2D eigenvalue weighted by atomic mass is 10.2. The van der Waals surface area contributed by atoms with Gasteiger partial charge in [-0.15, -0.1) is 12.4 Å². The number of likely N-dealkylation sites (N-methyl/N-ethyl adjacent to an activating group) is 1. The zero-order valence-electron chi connectivity index (χ0n) is 12.1. The molecule has 2 rings (SSSR count). The lowest BCUT2D eigenvalue weighted by Crippen LogP contribution is -2.43. The Hall–Kier alpha value is -1.59. The smallest absolute Gasteiger partial charge is 0.320 e. The van der Waals surface area contributed by atoms with Gasteiger partial charge in [0.2, 0.25) is 5.91 Å². The summed E-state index contributed by atoms with van der Waals surface area (Å²) in [6, 6.07) is 9.25. The molecule has 1 aliphatic heterocycles. The summed E-state index contributed by atoms with van der Waals surface area (Å²) in [5.41, 5.74) is 1.07. The average molecular weight is 313 g/mol. The Kier molecular flexibility index (Phi) is 6.65. The number of carbonyl (C=O) groups excluding carboxylic acids is 1. The summed E-state index contributed by atoms with van der Waals surface area (Å²) in [5, 5.41) is 9.10. The normalized spacial score (nSPS) is 18.0. The lowest BCUT2D eigenvalue weighted by Gasteiger charge is -2.24. The van der Waals surface area contributed by atoms with E-state index in [4.69, 9.17) is 5.11 Å². The maximum Gasteiger partial charge on any atom is 0.320 e. The number of likely N-dealkylation sites (tertiary alicyclic amines) is 1. The van der Waals surface area contributed by atoms with Crippen LogP contribution in [0.25, 0.3) is 0 Å². The van der Waals surface area contributed by atoms with E-state index in [2.05, 4.69) is 0 Å². The predicted octanol–water partition coefficient (Wildman–Crippen LogP) is 1.62. The van der Waals surface area contributed by atoms with Crippen molar-refractivity contribution in [2.24, 2.45) is 0 Å². The van der Waals surface area contributed by atoms with Gasteiger partial charge >= 0.3 is 5.97 Å². The molecular weight excluding hydrogens is 292 g/mol. The van der Waals surface area contributed by atoms with Crippen molar-refractivity contribution in [3.63, 3.8) is 0 Å². The second-order valence-corrected chi connectivity index (χ2v) is 5.20. The number of benzene rings is 1. The summed E-state index contributed by atoms with van der Waals surface area (Å²) in [4.78, 5) is 26.7. The first kappa shape index (κ1) is 17.5. The van der Waals surface area contributed by atoms with Crippen molar-refractivity contribution >= 4 is 24.3 Å². The molecule has 1 aromatic carbocycles. The number of nitrogens with zero attached hydrogens (tertiary/aromatic N) is 2. The molecule has 1 N–H and O–H groups in total. The number of rotatable bonds is 5. The first-order chi connectivity index (χ1) is 9.58. The number of carboxylic acids is 1. The quantitative estimate of drug-likeness (QED) is 0.897. The van der Waals surface area contributed by atoms with Gasteiger partial charge in [0.25, 0.3) is 0 Å². The highest BCUT2D eigenvalue weighted by Gasteiger charge is 2.32. The van der Waals surface area contributed by atoms with Crippen LogP contribution in [-0.2, 0) is 16.1 Å². The summed E-state index contributed by atoms with van der Waals surface area (Å²) in [6.07, 6.45) is 1.47. The monoisotopic (exact) mass is 312 g/mol. The molecule has 6 heteroatoms. The maximum absolute atomic E-state index is 12.2. The predicted molar refractivity (Wildman–Crippen MR) is 82.4 cm³/mol. The molecule has 0 aromatic heterocycles. The van der Waals surface area contributed by atoms with E-state index in [-0.39, 0.29) is 24.9 Å². The van der Waals surface area contributed by atoms with E-state index < -0.39 is 12.0 Å². The van der Waals surface area contributed by atoms with Gasteiger partial charge in [-0.25, -0.2) is 0 Å². The molecule has 0 bridgehead atoms. The molecule has 1 heterocycles. The first-order valence-corrected chi connectivity index (χ1v) is 6.82. The summed E-state index contributed by atoms with van der Waals surface area (Å²) in [5.74, 6) is -0.872. The largest absolute Gasteiger partial charge is 0.480 e. The van der Waals surface area contributed by atoms with Crippen LogP contribution in [0.3, 0.4) is 0 Å². The first-order valence-electron chi connectivity index (χ1n) is 6.82. The van der Waals surface area contributed by atoms with Crippen LogP contribution in [0.4, 0.5) is 0 Å². The Morgan fingerprint density at radius 1 is 1.33 bits per heavy atom. The number of halogens is 1. The van der Waals surface area contributed by atoms with Crippen LogP contribution in [0.5, 0.6) is 0 Å². The van der Waals surface area contributed by atoms with Crippen molar-refractivity contribution in [3.8, 4) is 0 Å². The summed E-state index contributed by atoms with van der Waals surface area (Å²) in [7, 11) is 1.75. The third-order valence-electron chi connectivity index (χ3n) is 3.68. The van der Waals surface area contributed by atoms with E-state index in [9.17, 15) is 9.59 Å². The van der Waals surface area contributed by atoms with E-state index >= 15 is 0 Å². The standard InChI is InChI=1S/C15H20N2O3.ClH/c1-16(10-12-6-3-2-4-7-12)14(18)11-17-9-5-8-13(17)15(19)20;/h2-4,6-7,13H,5,8-11H2,1H3,(H,19,20);1H/t13-;/m0./s1. The topological polar surface area (TPSA) is 60.9 Å². The van der Waals surface area contributed by atoms with Gasteiger partial charge in [-0.2, -0.15) is 0 Å². The second-order valence-electron chi connectivity index (χ2n) is 5.20. The minimum Gasteiger partial charge on any atom is -0.480 e. The van der Waals surface area contributed by atoms with Crippen LogP contribution in [0.2, 0.25) is 0 Å². The second kappa shape index (κ2) is 8.00. The number of carboxylic acid groups (broad SMARTS) is 1.